The highest BCUT2D eigenvalue weighted by Crippen LogP contribution is 2.33. The number of rotatable bonds is 14. The molecule has 0 aliphatic carbocycles. The van der Waals surface area contributed by atoms with E-state index in [9.17, 15) is 9.59 Å². The highest BCUT2D eigenvalue weighted by molar-refractivity contribution is 5.98. The molecular formula is C19H34O3. The third-order valence-corrected chi connectivity index (χ3v) is 4.39. The van der Waals surface area contributed by atoms with Crippen LogP contribution in [0, 0.1) is 5.41 Å². The quantitative estimate of drug-likeness (QED) is 0.339. The zero-order chi connectivity index (χ0) is 16.8. The second-order valence-electron chi connectivity index (χ2n) is 6.57. The van der Waals surface area contributed by atoms with Gasteiger partial charge in [0.05, 0.1) is 0 Å². The number of aliphatic carboxylic acids is 1. The van der Waals surface area contributed by atoms with E-state index in [4.69, 9.17) is 5.11 Å². The highest BCUT2D eigenvalue weighted by atomic mass is 16.4. The van der Waals surface area contributed by atoms with Crippen LogP contribution in [0.1, 0.15) is 91.4 Å². The number of hydrogen-bond donors (Lipinski definition) is 1. The smallest absolute Gasteiger partial charge is 0.328 e. The summed E-state index contributed by atoms with van der Waals surface area (Å²) >= 11 is 0. The second kappa shape index (κ2) is 12.4. The lowest BCUT2D eigenvalue weighted by molar-refractivity contribution is -0.132. The van der Waals surface area contributed by atoms with Crippen LogP contribution in [0.3, 0.4) is 0 Å². The van der Waals surface area contributed by atoms with Gasteiger partial charge in [0.15, 0.2) is 5.78 Å². The minimum Gasteiger partial charge on any atom is -0.478 e. The summed E-state index contributed by atoms with van der Waals surface area (Å²) in [6.45, 7) is 6.37. The van der Waals surface area contributed by atoms with Crippen LogP contribution >= 0.6 is 0 Å². The molecule has 22 heavy (non-hydrogen) atoms. The van der Waals surface area contributed by atoms with Gasteiger partial charge in [0.25, 0.3) is 0 Å². The Morgan fingerprint density at radius 2 is 1.27 bits per heavy atom. The van der Waals surface area contributed by atoms with Crippen molar-refractivity contribution in [2.75, 3.05) is 0 Å². The van der Waals surface area contributed by atoms with Crippen molar-refractivity contribution in [1.29, 1.82) is 0 Å². The molecule has 3 heteroatoms. The third kappa shape index (κ3) is 9.75. The van der Waals surface area contributed by atoms with E-state index < -0.39 is 11.4 Å². The molecule has 1 unspecified atom stereocenters. The molecule has 1 atom stereocenters. The zero-order valence-electron chi connectivity index (χ0n) is 14.7. The fraction of sp³-hybridized carbons (Fsp3) is 0.789. The third-order valence-electron chi connectivity index (χ3n) is 4.39. The van der Waals surface area contributed by atoms with Gasteiger partial charge in [-0.1, -0.05) is 78.6 Å². The first-order valence-electron chi connectivity index (χ1n) is 8.91. The van der Waals surface area contributed by atoms with Crippen LogP contribution < -0.4 is 0 Å². The average Bonchev–Trinajstić information content (AvgIpc) is 2.49. The largest absolute Gasteiger partial charge is 0.478 e. The molecule has 0 aliphatic rings. The van der Waals surface area contributed by atoms with Gasteiger partial charge in [-0.3, -0.25) is 4.79 Å². The maximum Gasteiger partial charge on any atom is 0.328 e. The summed E-state index contributed by atoms with van der Waals surface area (Å²) in [6, 6.07) is 0. The normalized spacial score (nSPS) is 14.1. The molecule has 0 heterocycles. The number of carboxylic acids is 1. The van der Waals surface area contributed by atoms with E-state index in [-0.39, 0.29) is 5.78 Å². The van der Waals surface area contributed by atoms with Crippen LogP contribution in [-0.4, -0.2) is 16.9 Å². The van der Waals surface area contributed by atoms with Crippen molar-refractivity contribution in [3.63, 3.8) is 0 Å². The van der Waals surface area contributed by atoms with Gasteiger partial charge in [-0.15, -0.1) is 0 Å². The topological polar surface area (TPSA) is 54.4 Å². The number of carbonyl (C=O) groups excluding carboxylic acids is 1. The van der Waals surface area contributed by atoms with Gasteiger partial charge in [-0.2, -0.15) is 0 Å². The summed E-state index contributed by atoms with van der Waals surface area (Å²) in [5.74, 6) is -1.08. The first-order chi connectivity index (χ1) is 10.5. The molecule has 0 aromatic heterocycles. The van der Waals surface area contributed by atoms with Crippen LogP contribution in [0.5, 0.6) is 0 Å². The van der Waals surface area contributed by atoms with Gasteiger partial charge in [-0.25, -0.2) is 4.79 Å². The van der Waals surface area contributed by atoms with E-state index in [2.05, 4.69) is 13.8 Å². The Labute approximate surface area is 136 Å². The molecule has 0 aliphatic heterocycles. The first-order valence-corrected chi connectivity index (χ1v) is 8.91. The van der Waals surface area contributed by atoms with Gasteiger partial charge in [0.1, 0.15) is 0 Å². The Kier molecular flexibility index (Phi) is 11.8. The molecule has 0 amide bonds. The fourth-order valence-corrected chi connectivity index (χ4v) is 2.78. The maximum atomic E-state index is 12.4. The van der Waals surface area contributed by atoms with Crippen molar-refractivity contribution >= 4 is 11.8 Å². The van der Waals surface area contributed by atoms with Crippen LogP contribution in [0.4, 0.5) is 0 Å². The Balaban J connectivity index is 4.51. The predicted octanol–water partition coefficient (Wildman–Crippen LogP) is 5.53. The highest BCUT2D eigenvalue weighted by Gasteiger charge is 2.30. The Hall–Kier alpha value is -1.12. The van der Waals surface area contributed by atoms with Crippen molar-refractivity contribution in [2.45, 2.75) is 91.4 Å². The first kappa shape index (κ1) is 20.9. The van der Waals surface area contributed by atoms with Crippen molar-refractivity contribution < 1.29 is 14.7 Å². The van der Waals surface area contributed by atoms with Crippen molar-refractivity contribution in [1.82, 2.24) is 0 Å². The maximum absolute atomic E-state index is 12.4. The van der Waals surface area contributed by atoms with Crippen molar-refractivity contribution in [3.8, 4) is 0 Å². The Morgan fingerprint density at radius 3 is 1.73 bits per heavy atom. The predicted molar refractivity (Wildman–Crippen MR) is 92.0 cm³/mol. The molecule has 1 N–H and O–H groups in total. The monoisotopic (exact) mass is 310 g/mol. The molecule has 0 saturated carbocycles. The molecule has 0 aromatic carbocycles. The van der Waals surface area contributed by atoms with Crippen LogP contribution in [-0.2, 0) is 9.59 Å². The van der Waals surface area contributed by atoms with E-state index >= 15 is 0 Å². The molecule has 0 spiro atoms. The standard InChI is InChI=1S/C19H34O3/c1-4-6-8-10-12-16-19(3,15-11-9-7-5-2)17(20)13-14-18(21)22/h13-14H,4-12,15-16H2,1-3H3,(H,21,22)/b14-13+. The minimum atomic E-state index is -1.05. The molecule has 0 aromatic rings. The summed E-state index contributed by atoms with van der Waals surface area (Å²) in [7, 11) is 0. The lowest BCUT2D eigenvalue weighted by atomic mass is 9.76. The van der Waals surface area contributed by atoms with Gasteiger partial charge in [-0.05, 0) is 18.9 Å². The van der Waals surface area contributed by atoms with E-state index in [1.54, 1.807) is 0 Å². The number of hydrogen-bond acceptors (Lipinski definition) is 2. The number of carbonyl (C=O) groups is 2. The lowest BCUT2D eigenvalue weighted by Crippen LogP contribution is -2.26. The summed E-state index contributed by atoms with van der Waals surface area (Å²) in [4.78, 5) is 23.0. The fourth-order valence-electron chi connectivity index (χ4n) is 2.78. The van der Waals surface area contributed by atoms with Gasteiger partial charge in [0.2, 0.25) is 0 Å². The van der Waals surface area contributed by atoms with Gasteiger partial charge >= 0.3 is 5.97 Å². The summed E-state index contributed by atoms with van der Waals surface area (Å²) in [6.07, 6.45) is 14.4. The van der Waals surface area contributed by atoms with E-state index in [1.165, 1.54) is 38.2 Å². The molecule has 0 saturated heterocycles. The molecule has 3 nitrogen and oxygen atoms in total. The van der Waals surface area contributed by atoms with E-state index in [1.807, 2.05) is 6.92 Å². The minimum absolute atomic E-state index is 0.0260. The van der Waals surface area contributed by atoms with Crippen LogP contribution in [0.15, 0.2) is 12.2 Å². The van der Waals surface area contributed by atoms with Gasteiger partial charge in [0, 0.05) is 11.5 Å². The number of allylic oxidation sites excluding steroid dienone is 1. The van der Waals surface area contributed by atoms with Gasteiger partial charge < -0.3 is 5.11 Å². The number of carboxylic acid groups (broad SMARTS) is 1. The number of unbranched alkanes of at least 4 members (excludes halogenated alkanes) is 7. The molecular weight excluding hydrogens is 276 g/mol. The molecule has 0 bridgehead atoms. The zero-order valence-corrected chi connectivity index (χ0v) is 14.7. The van der Waals surface area contributed by atoms with Crippen molar-refractivity contribution in [3.05, 3.63) is 12.2 Å². The molecule has 0 fully saturated rings. The van der Waals surface area contributed by atoms with Crippen molar-refractivity contribution in [2.24, 2.45) is 5.41 Å². The Morgan fingerprint density at radius 1 is 0.818 bits per heavy atom. The second-order valence-corrected chi connectivity index (χ2v) is 6.57. The summed E-state index contributed by atoms with van der Waals surface area (Å²) < 4.78 is 0. The molecule has 0 radical (unpaired) electrons. The summed E-state index contributed by atoms with van der Waals surface area (Å²) in [5.41, 5.74) is -0.397. The van der Waals surface area contributed by atoms with E-state index in [0.717, 1.165) is 44.6 Å². The molecule has 128 valence electrons. The van der Waals surface area contributed by atoms with Crippen LogP contribution in [0.2, 0.25) is 0 Å². The number of ketones is 1. The lowest BCUT2D eigenvalue weighted by Gasteiger charge is -2.27. The SMILES string of the molecule is CCCCCCCC(C)(CCCCCC)C(=O)/C=C/C(=O)O. The Bertz CT molecular complexity index is 347. The average molecular weight is 310 g/mol. The van der Waals surface area contributed by atoms with E-state index in [0.29, 0.717) is 0 Å². The summed E-state index contributed by atoms with van der Waals surface area (Å²) in [5, 5.41) is 8.71. The van der Waals surface area contributed by atoms with Crippen LogP contribution in [0.25, 0.3) is 0 Å². The molecule has 0 rings (SSSR count).